The molecule has 1 saturated heterocycles. The van der Waals surface area contributed by atoms with Crippen LogP contribution in [0.4, 0.5) is 4.39 Å². The molecule has 0 spiro atoms. The van der Waals surface area contributed by atoms with Crippen LogP contribution in [-0.4, -0.2) is 23.1 Å². The minimum atomic E-state index is -3.36. The van der Waals surface area contributed by atoms with Crippen molar-refractivity contribution in [3.05, 3.63) is 35.6 Å². The fourth-order valence-electron chi connectivity index (χ4n) is 3.35. The van der Waals surface area contributed by atoms with E-state index in [1.165, 1.54) is 24.3 Å². The number of hydrogen-bond acceptors (Lipinski definition) is 4. The van der Waals surface area contributed by atoms with Gasteiger partial charge in [-0.15, -0.1) is 0 Å². The van der Waals surface area contributed by atoms with E-state index >= 15 is 0 Å². The first kappa shape index (κ1) is 20.6. The Hall–Kier alpha value is -0.740. The largest absolute Gasteiger partial charge is 0.380 e. The van der Waals surface area contributed by atoms with E-state index < -0.39 is 36.8 Å². The van der Waals surface area contributed by atoms with Crippen molar-refractivity contribution in [1.82, 2.24) is 0 Å². The number of ether oxygens (including phenoxy) is 2. The Bertz CT molecular complexity index is 592. The molecule has 0 aromatic heterocycles. The molecule has 0 aliphatic carbocycles. The molecule has 142 valence electrons. The van der Waals surface area contributed by atoms with Crippen LogP contribution in [0.2, 0.25) is 0 Å². The molecule has 1 aromatic rings. The number of hydrogen-bond donors (Lipinski definition) is 1. The van der Waals surface area contributed by atoms with Gasteiger partial charge in [0.25, 0.3) is 0 Å². The van der Waals surface area contributed by atoms with Crippen LogP contribution < -0.4 is 0 Å². The van der Waals surface area contributed by atoms with Gasteiger partial charge in [-0.3, -0.25) is 0 Å². The Kier molecular flexibility index (Phi) is 6.48. The van der Waals surface area contributed by atoms with Crippen molar-refractivity contribution < 1.29 is 23.5 Å². The van der Waals surface area contributed by atoms with Crippen LogP contribution >= 0.6 is 7.14 Å². The van der Waals surface area contributed by atoms with Crippen molar-refractivity contribution in [3.8, 4) is 0 Å². The molecular weight excluding hydrogens is 342 g/mol. The summed E-state index contributed by atoms with van der Waals surface area (Å²) in [5, 5.41) is 11.0. The fraction of sp³-hybridized carbons (Fsp3) is 0.684. The molecule has 5 atom stereocenters. The van der Waals surface area contributed by atoms with Crippen LogP contribution in [0.5, 0.6) is 0 Å². The van der Waals surface area contributed by atoms with Crippen molar-refractivity contribution in [3.63, 3.8) is 0 Å². The summed E-state index contributed by atoms with van der Waals surface area (Å²) >= 11 is 0. The van der Waals surface area contributed by atoms with Gasteiger partial charge < -0.3 is 19.1 Å². The maximum atomic E-state index is 14.1. The second-order valence-corrected chi connectivity index (χ2v) is 10.9. The molecule has 0 radical (unpaired) electrons. The first-order valence-electron chi connectivity index (χ1n) is 8.92. The summed E-state index contributed by atoms with van der Waals surface area (Å²) in [4.78, 5) is 0. The van der Waals surface area contributed by atoms with Gasteiger partial charge in [0, 0.05) is 5.92 Å². The van der Waals surface area contributed by atoms with Gasteiger partial charge in [-0.05, 0) is 29.5 Å². The van der Waals surface area contributed by atoms with Crippen LogP contribution in [0.15, 0.2) is 24.3 Å². The van der Waals surface area contributed by atoms with Crippen molar-refractivity contribution >= 4 is 7.14 Å². The summed E-state index contributed by atoms with van der Waals surface area (Å²) in [5.41, 5.74) is 0.427. The summed E-state index contributed by atoms with van der Waals surface area (Å²) < 4.78 is 39.5. The first-order chi connectivity index (χ1) is 11.6. The van der Waals surface area contributed by atoms with Crippen molar-refractivity contribution in [2.45, 2.75) is 65.4 Å². The monoisotopic (exact) mass is 372 g/mol. The lowest BCUT2D eigenvalue weighted by atomic mass is 10.2. The molecule has 4 nitrogen and oxygen atoms in total. The fourth-order valence-corrected chi connectivity index (χ4v) is 7.32. The standard InChI is InChI=1S/C19H30FO4P/c1-11(2)17-23-18(12(3)4)25(22,19(24-17)13(5)6)16(21)14-7-9-15(20)10-8-14/h7-13,16-19,21H,1-6H3/t16?,17?,18-,19+,25?. The second-order valence-electron chi connectivity index (χ2n) is 7.84. The average Bonchev–Trinajstić information content (AvgIpc) is 2.54. The molecule has 1 aliphatic heterocycles. The maximum Gasteiger partial charge on any atom is 0.174 e. The van der Waals surface area contributed by atoms with Gasteiger partial charge in [-0.2, -0.15) is 0 Å². The Labute approximate surface area is 150 Å². The normalized spacial score (nSPS) is 31.7. The molecule has 1 aromatic carbocycles. The zero-order valence-electron chi connectivity index (χ0n) is 15.8. The van der Waals surface area contributed by atoms with Gasteiger partial charge >= 0.3 is 0 Å². The first-order valence-corrected chi connectivity index (χ1v) is 10.8. The van der Waals surface area contributed by atoms with Gasteiger partial charge in [0.2, 0.25) is 0 Å². The lowest BCUT2D eigenvalue weighted by Crippen LogP contribution is -2.45. The minimum Gasteiger partial charge on any atom is -0.380 e. The third kappa shape index (κ3) is 4.00. The van der Waals surface area contributed by atoms with E-state index in [0.717, 1.165) is 0 Å². The molecule has 0 bridgehead atoms. The Morgan fingerprint density at radius 2 is 1.36 bits per heavy atom. The summed E-state index contributed by atoms with van der Waals surface area (Å²) in [5.74, 6) is -2.85. The molecule has 0 amide bonds. The molecule has 3 unspecified atom stereocenters. The highest BCUT2D eigenvalue weighted by Gasteiger charge is 2.55. The Balaban J connectivity index is 2.50. The number of aliphatic hydroxyl groups excluding tert-OH is 1. The molecular formula is C19H30FO4P. The molecule has 6 heteroatoms. The van der Waals surface area contributed by atoms with E-state index in [0.29, 0.717) is 5.56 Å². The topological polar surface area (TPSA) is 55.8 Å². The predicted octanol–water partition coefficient (Wildman–Crippen LogP) is 5.17. The van der Waals surface area contributed by atoms with Gasteiger partial charge in [0.1, 0.15) is 23.4 Å². The molecule has 2 rings (SSSR count). The highest BCUT2D eigenvalue weighted by atomic mass is 31.2. The lowest BCUT2D eigenvalue weighted by Gasteiger charge is -2.48. The van der Waals surface area contributed by atoms with Gasteiger partial charge in [-0.25, -0.2) is 4.39 Å². The highest BCUT2D eigenvalue weighted by Crippen LogP contribution is 2.70. The summed E-state index contributed by atoms with van der Waals surface area (Å²) in [6.07, 6.45) is -0.456. The SMILES string of the molecule is CC(C)C1O[C@H](C(C)C)P(=O)(C(O)c2ccc(F)cc2)[C@H](C(C)C)O1. The number of benzene rings is 1. The highest BCUT2D eigenvalue weighted by molar-refractivity contribution is 7.65. The number of rotatable bonds is 5. The average molecular weight is 372 g/mol. The Morgan fingerprint density at radius 3 is 1.72 bits per heavy atom. The zero-order chi connectivity index (χ0) is 18.9. The maximum absolute atomic E-state index is 14.1. The molecule has 1 aliphatic rings. The molecule has 1 fully saturated rings. The van der Waals surface area contributed by atoms with E-state index in [2.05, 4.69) is 0 Å². The van der Waals surface area contributed by atoms with Crippen molar-refractivity contribution in [2.75, 3.05) is 0 Å². The predicted molar refractivity (Wildman–Crippen MR) is 97.0 cm³/mol. The smallest absolute Gasteiger partial charge is 0.174 e. The zero-order valence-corrected chi connectivity index (χ0v) is 16.7. The summed E-state index contributed by atoms with van der Waals surface area (Å²) in [7, 11) is -3.36. The van der Waals surface area contributed by atoms with E-state index in [-0.39, 0.29) is 17.8 Å². The van der Waals surface area contributed by atoms with E-state index in [1.54, 1.807) is 0 Å². The quantitative estimate of drug-likeness (QED) is 0.724. The van der Waals surface area contributed by atoms with E-state index in [9.17, 15) is 14.1 Å². The third-order valence-corrected chi connectivity index (χ3v) is 8.67. The summed E-state index contributed by atoms with van der Waals surface area (Å²) in [6.45, 7) is 11.7. The number of aliphatic hydroxyl groups is 1. The van der Waals surface area contributed by atoms with Crippen LogP contribution in [0, 0.1) is 23.6 Å². The van der Waals surface area contributed by atoms with Gasteiger partial charge in [-0.1, -0.05) is 53.7 Å². The van der Waals surface area contributed by atoms with E-state index in [1.807, 2.05) is 41.5 Å². The van der Waals surface area contributed by atoms with Gasteiger partial charge in [0.05, 0.1) is 0 Å². The van der Waals surface area contributed by atoms with Crippen LogP contribution in [0.1, 0.15) is 53.0 Å². The second kappa shape index (κ2) is 7.87. The Morgan fingerprint density at radius 1 is 0.920 bits per heavy atom. The molecule has 1 heterocycles. The van der Waals surface area contributed by atoms with Crippen LogP contribution in [0.3, 0.4) is 0 Å². The van der Waals surface area contributed by atoms with Gasteiger partial charge in [0.15, 0.2) is 13.4 Å². The molecule has 25 heavy (non-hydrogen) atoms. The van der Waals surface area contributed by atoms with E-state index in [4.69, 9.17) is 9.47 Å². The minimum absolute atomic E-state index is 0.0488. The van der Waals surface area contributed by atoms with Crippen LogP contribution in [0.25, 0.3) is 0 Å². The molecule has 0 saturated carbocycles. The molecule has 1 N–H and O–H groups in total. The third-order valence-electron chi connectivity index (χ3n) is 4.58. The number of halogens is 1. The van der Waals surface area contributed by atoms with Crippen LogP contribution in [-0.2, 0) is 14.0 Å². The summed E-state index contributed by atoms with van der Waals surface area (Å²) in [6, 6.07) is 5.48. The van der Waals surface area contributed by atoms with Crippen molar-refractivity contribution in [2.24, 2.45) is 17.8 Å². The lowest BCUT2D eigenvalue weighted by molar-refractivity contribution is -0.217. The van der Waals surface area contributed by atoms with Crippen molar-refractivity contribution in [1.29, 1.82) is 0 Å².